The molecule has 0 bridgehead atoms. The minimum atomic E-state index is -0.0429. The molecule has 2 saturated heterocycles. The molecule has 5 heteroatoms. The maximum atomic E-state index is 14.5. The first-order valence-corrected chi connectivity index (χ1v) is 14.7. The summed E-state index contributed by atoms with van der Waals surface area (Å²) < 4.78 is 1.15. The van der Waals surface area contributed by atoms with Gasteiger partial charge in [0.2, 0.25) is 5.91 Å². The van der Waals surface area contributed by atoms with Crippen molar-refractivity contribution in [2.45, 2.75) is 68.9 Å². The van der Waals surface area contributed by atoms with Crippen LogP contribution in [0.1, 0.15) is 67.6 Å². The van der Waals surface area contributed by atoms with Gasteiger partial charge >= 0.3 is 0 Å². The van der Waals surface area contributed by atoms with Gasteiger partial charge in [0, 0.05) is 22.6 Å². The van der Waals surface area contributed by atoms with Gasteiger partial charge in [-0.1, -0.05) is 71.6 Å². The van der Waals surface area contributed by atoms with Crippen molar-refractivity contribution in [2.24, 2.45) is 11.8 Å². The third-order valence-electron chi connectivity index (χ3n) is 9.75. The molecule has 186 valence electrons. The first-order chi connectivity index (χ1) is 17.2. The number of piperidine rings is 1. The Balaban J connectivity index is 1.30. The average Bonchev–Trinajstić information content (AvgIpc) is 3.32. The van der Waals surface area contributed by atoms with E-state index in [2.05, 4.69) is 80.0 Å². The van der Waals surface area contributed by atoms with Gasteiger partial charge in [0.15, 0.2) is 0 Å². The minimum absolute atomic E-state index is 0.0429. The fraction of sp³-hybridized carbons (Fsp3) is 0.567. The lowest BCUT2D eigenvalue weighted by atomic mass is 9.68. The van der Waals surface area contributed by atoms with Gasteiger partial charge < -0.3 is 15.5 Å². The summed E-state index contributed by atoms with van der Waals surface area (Å²) in [5, 5.41) is 4.86. The SMILES string of the molecule is O=C([C@@H]1C[NH2+]C[C@]12C[NH2+]Cc1cc(Br)ccc12)N1CC[C@@H](c2ccccc2)C[C@H]1C1CCCCC1. The smallest absolute Gasteiger partial charge is 0.233 e. The van der Waals surface area contributed by atoms with Crippen LogP contribution in [0.5, 0.6) is 0 Å². The molecular weight excluding hydrogens is 498 g/mol. The number of hydrogen-bond donors (Lipinski definition) is 2. The van der Waals surface area contributed by atoms with Crippen LogP contribution >= 0.6 is 15.9 Å². The monoisotopic (exact) mass is 537 g/mol. The van der Waals surface area contributed by atoms with Crippen LogP contribution in [0.25, 0.3) is 0 Å². The van der Waals surface area contributed by atoms with Gasteiger partial charge in [-0.15, -0.1) is 0 Å². The molecule has 35 heavy (non-hydrogen) atoms. The fourth-order valence-electron chi connectivity index (χ4n) is 8.01. The molecule has 1 spiro atoms. The van der Waals surface area contributed by atoms with Crippen LogP contribution in [0.15, 0.2) is 53.0 Å². The van der Waals surface area contributed by atoms with Gasteiger partial charge in [-0.25, -0.2) is 0 Å². The molecule has 3 aliphatic heterocycles. The lowest BCUT2D eigenvalue weighted by Crippen LogP contribution is -2.91. The largest absolute Gasteiger partial charge is 0.345 e. The summed E-state index contributed by atoms with van der Waals surface area (Å²) in [5.74, 6) is 1.78. The second kappa shape index (κ2) is 9.99. The topological polar surface area (TPSA) is 53.5 Å². The molecule has 0 radical (unpaired) electrons. The molecular formula is C30H40BrN3O+2. The van der Waals surface area contributed by atoms with Crippen LogP contribution in [0, 0.1) is 11.8 Å². The molecule has 4 aliphatic rings. The van der Waals surface area contributed by atoms with Gasteiger partial charge in [-0.3, -0.25) is 4.79 Å². The highest BCUT2D eigenvalue weighted by Crippen LogP contribution is 2.43. The number of nitrogens with zero attached hydrogens (tertiary/aromatic N) is 1. The zero-order chi connectivity index (χ0) is 23.8. The molecule has 0 unspecified atom stereocenters. The fourth-order valence-corrected chi connectivity index (χ4v) is 8.42. The Hall–Kier alpha value is -1.69. The molecule has 1 aliphatic carbocycles. The molecule has 1 amide bonds. The van der Waals surface area contributed by atoms with E-state index in [4.69, 9.17) is 0 Å². The normalized spacial score (nSPS) is 31.5. The predicted molar refractivity (Wildman–Crippen MR) is 142 cm³/mol. The summed E-state index contributed by atoms with van der Waals surface area (Å²) in [5.41, 5.74) is 4.26. The lowest BCUT2D eigenvalue weighted by Gasteiger charge is -2.47. The first kappa shape index (κ1) is 23.7. The van der Waals surface area contributed by atoms with E-state index in [0.717, 1.165) is 50.0 Å². The van der Waals surface area contributed by atoms with Gasteiger partial charge in [0.1, 0.15) is 17.9 Å². The van der Waals surface area contributed by atoms with Crippen molar-refractivity contribution in [1.29, 1.82) is 0 Å². The third-order valence-corrected chi connectivity index (χ3v) is 10.2. The van der Waals surface area contributed by atoms with Crippen molar-refractivity contribution in [3.63, 3.8) is 0 Å². The molecule has 4 atom stereocenters. The molecule has 0 aromatic heterocycles. The summed E-state index contributed by atoms with van der Waals surface area (Å²) in [6.45, 7) is 4.93. The molecule has 1 saturated carbocycles. The summed E-state index contributed by atoms with van der Waals surface area (Å²) in [7, 11) is 0. The van der Waals surface area contributed by atoms with Gasteiger partial charge in [0.05, 0.1) is 19.6 Å². The minimum Gasteiger partial charge on any atom is -0.345 e. The number of nitrogens with two attached hydrogens (primary N) is 2. The highest BCUT2D eigenvalue weighted by molar-refractivity contribution is 9.10. The van der Waals surface area contributed by atoms with Crippen LogP contribution < -0.4 is 10.6 Å². The number of halogens is 1. The molecule has 2 aromatic rings. The van der Waals surface area contributed by atoms with Crippen molar-refractivity contribution in [1.82, 2.24) is 4.90 Å². The third kappa shape index (κ3) is 4.38. The summed E-state index contributed by atoms with van der Waals surface area (Å²) >= 11 is 3.67. The van der Waals surface area contributed by atoms with E-state index in [0.29, 0.717) is 23.8 Å². The number of carbonyl (C=O) groups excluding carboxylic acids is 1. The Morgan fingerprint density at radius 1 is 0.971 bits per heavy atom. The maximum Gasteiger partial charge on any atom is 0.233 e. The maximum absolute atomic E-state index is 14.5. The number of benzene rings is 2. The summed E-state index contributed by atoms with van der Waals surface area (Å²) in [6, 6.07) is 18.2. The van der Waals surface area contributed by atoms with Crippen molar-refractivity contribution < 1.29 is 15.4 Å². The highest BCUT2D eigenvalue weighted by atomic mass is 79.9. The second-order valence-corrected chi connectivity index (χ2v) is 12.5. The number of rotatable bonds is 3. The van der Waals surface area contributed by atoms with E-state index in [1.165, 1.54) is 48.8 Å². The number of carbonyl (C=O) groups is 1. The van der Waals surface area contributed by atoms with Gasteiger partial charge in [0.25, 0.3) is 0 Å². The van der Waals surface area contributed by atoms with E-state index < -0.39 is 0 Å². The van der Waals surface area contributed by atoms with Crippen LogP contribution in [0.4, 0.5) is 0 Å². The Morgan fingerprint density at radius 2 is 1.77 bits per heavy atom. The van der Waals surface area contributed by atoms with Crippen molar-refractivity contribution in [3.8, 4) is 0 Å². The Labute approximate surface area is 218 Å². The van der Waals surface area contributed by atoms with Crippen molar-refractivity contribution in [2.75, 3.05) is 26.2 Å². The Kier molecular flexibility index (Phi) is 6.76. The number of hydrogen-bond acceptors (Lipinski definition) is 1. The van der Waals surface area contributed by atoms with E-state index in [1.54, 1.807) is 0 Å². The van der Waals surface area contributed by atoms with Crippen LogP contribution in [0.3, 0.4) is 0 Å². The van der Waals surface area contributed by atoms with Gasteiger partial charge in [-0.2, -0.15) is 0 Å². The lowest BCUT2D eigenvalue weighted by molar-refractivity contribution is -0.691. The zero-order valence-electron chi connectivity index (χ0n) is 20.8. The van der Waals surface area contributed by atoms with Crippen LogP contribution in [0.2, 0.25) is 0 Å². The van der Waals surface area contributed by atoms with E-state index >= 15 is 0 Å². The summed E-state index contributed by atoms with van der Waals surface area (Å²) in [6.07, 6.45) is 8.85. The van der Waals surface area contributed by atoms with Crippen LogP contribution in [-0.4, -0.2) is 43.0 Å². The average molecular weight is 539 g/mol. The van der Waals surface area contributed by atoms with Crippen LogP contribution in [-0.2, 0) is 16.8 Å². The first-order valence-electron chi connectivity index (χ1n) is 13.9. The molecule has 4 nitrogen and oxygen atoms in total. The van der Waals surface area contributed by atoms with Crippen molar-refractivity contribution in [3.05, 3.63) is 69.7 Å². The predicted octanol–water partition coefficient (Wildman–Crippen LogP) is 3.31. The van der Waals surface area contributed by atoms with E-state index in [1.807, 2.05) is 0 Å². The number of quaternary nitrogens is 2. The zero-order valence-corrected chi connectivity index (χ0v) is 22.4. The van der Waals surface area contributed by atoms with Gasteiger partial charge in [-0.05, 0) is 60.8 Å². The van der Waals surface area contributed by atoms with E-state index in [9.17, 15) is 4.79 Å². The Bertz CT molecular complexity index is 1050. The van der Waals surface area contributed by atoms with E-state index in [-0.39, 0.29) is 11.3 Å². The number of amides is 1. The summed E-state index contributed by atoms with van der Waals surface area (Å²) in [4.78, 5) is 16.9. The second-order valence-electron chi connectivity index (χ2n) is 11.6. The highest BCUT2D eigenvalue weighted by Gasteiger charge is 2.57. The Morgan fingerprint density at radius 3 is 2.60 bits per heavy atom. The standard InChI is InChI=1S/C30H38BrN3O/c31-25-11-12-26-24(15-25)17-32-19-30(26)20-33-18-27(30)29(35)34-14-13-23(21-7-3-1-4-8-21)16-28(34)22-9-5-2-6-10-22/h1,3-4,7-8,11-12,15,22-23,27-28,32-33H,2,5-6,9-10,13-14,16-20H2/p+2/t23-,27+,28+,30+/m1/s1. The number of fused-ring (bicyclic) bond motifs is 2. The number of likely N-dealkylation sites (tertiary alicyclic amines) is 1. The molecule has 6 rings (SSSR count). The molecule has 3 fully saturated rings. The molecule has 4 N–H and O–H groups in total. The quantitative estimate of drug-likeness (QED) is 0.619. The molecule has 2 aromatic carbocycles. The van der Waals surface area contributed by atoms with Crippen molar-refractivity contribution >= 4 is 21.8 Å². The molecule has 3 heterocycles.